The van der Waals surface area contributed by atoms with Crippen LogP contribution >= 0.6 is 11.8 Å². The number of hydrogen-bond donors (Lipinski definition) is 0. The monoisotopic (exact) mass is 138 g/mol. The summed E-state index contributed by atoms with van der Waals surface area (Å²) >= 11 is 2.06. The van der Waals surface area contributed by atoms with E-state index >= 15 is 0 Å². The van der Waals surface area contributed by atoms with E-state index in [-0.39, 0.29) is 0 Å². The molecule has 0 saturated carbocycles. The molecule has 3 atom stereocenters. The number of rotatable bonds is 1. The summed E-state index contributed by atoms with van der Waals surface area (Å²) in [5.74, 6) is 0.817. The van der Waals surface area contributed by atoms with E-state index in [2.05, 4.69) is 36.6 Å². The van der Waals surface area contributed by atoms with Crippen LogP contribution in [0.1, 0.15) is 6.42 Å². The third kappa shape index (κ3) is 0.751. The molecule has 0 aromatic heterocycles. The van der Waals surface area contributed by atoms with Gasteiger partial charge in [0.2, 0.25) is 0 Å². The molecule has 48 valence electrons. The Morgan fingerprint density at radius 2 is 2.44 bits per heavy atom. The summed E-state index contributed by atoms with van der Waals surface area (Å²) in [5, 5.41) is 1.54. The zero-order chi connectivity index (χ0) is 6.27. The Balaban J connectivity index is 2.19. The minimum absolute atomic E-state index is 0.722. The number of thioether (sulfide) groups is 1. The van der Waals surface area contributed by atoms with Crippen molar-refractivity contribution in [3.63, 3.8) is 0 Å². The van der Waals surface area contributed by atoms with Gasteiger partial charge in [0.1, 0.15) is 0 Å². The maximum atomic E-state index is 3.81. The van der Waals surface area contributed by atoms with Crippen LogP contribution in [-0.2, 0) is 0 Å². The second-order valence-corrected chi connectivity index (χ2v) is 4.08. The first-order chi connectivity index (χ1) is 4.40. The van der Waals surface area contributed by atoms with Crippen molar-refractivity contribution in [3.8, 4) is 0 Å². The molecule has 2 rings (SSSR count). The van der Waals surface area contributed by atoms with Gasteiger partial charge >= 0.3 is 0 Å². The van der Waals surface area contributed by atoms with Gasteiger partial charge in [0.25, 0.3) is 0 Å². The van der Waals surface area contributed by atoms with Crippen molar-refractivity contribution < 1.29 is 0 Å². The van der Waals surface area contributed by atoms with Crippen LogP contribution in [-0.4, -0.2) is 10.5 Å². The molecule has 9 heavy (non-hydrogen) atoms. The van der Waals surface area contributed by atoms with Crippen molar-refractivity contribution in [2.24, 2.45) is 5.92 Å². The minimum atomic E-state index is 0.722. The van der Waals surface area contributed by atoms with Gasteiger partial charge in [-0.05, 0) is 12.3 Å². The Labute approximate surface area is 60.0 Å². The number of allylic oxidation sites excluding steroid dienone is 1. The molecule has 0 nitrogen and oxygen atoms in total. The molecule has 1 aliphatic heterocycles. The van der Waals surface area contributed by atoms with Gasteiger partial charge in [0, 0.05) is 10.5 Å². The van der Waals surface area contributed by atoms with Crippen molar-refractivity contribution in [1.29, 1.82) is 0 Å². The fourth-order valence-corrected chi connectivity index (χ4v) is 3.00. The lowest BCUT2D eigenvalue weighted by molar-refractivity contribution is 0.699. The molecule has 1 aliphatic carbocycles. The van der Waals surface area contributed by atoms with Crippen molar-refractivity contribution in [1.82, 2.24) is 0 Å². The highest BCUT2D eigenvalue weighted by Gasteiger charge is 2.34. The second kappa shape index (κ2) is 1.91. The summed E-state index contributed by atoms with van der Waals surface area (Å²) in [6.45, 7) is 3.81. The zero-order valence-electron chi connectivity index (χ0n) is 5.29. The molecule has 1 heteroatoms. The first kappa shape index (κ1) is 5.60. The maximum Gasteiger partial charge on any atom is 0.0293 e. The van der Waals surface area contributed by atoms with Gasteiger partial charge in [-0.25, -0.2) is 0 Å². The zero-order valence-corrected chi connectivity index (χ0v) is 6.10. The molecule has 0 unspecified atom stereocenters. The molecule has 2 bridgehead atoms. The summed E-state index contributed by atoms with van der Waals surface area (Å²) in [6, 6.07) is 0. The summed E-state index contributed by atoms with van der Waals surface area (Å²) in [4.78, 5) is 0. The van der Waals surface area contributed by atoms with E-state index in [1.54, 1.807) is 0 Å². The topological polar surface area (TPSA) is 0 Å². The number of fused-ring (bicyclic) bond motifs is 2. The first-order valence-electron chi connectivity index (χ1n) is 3.36. The van der Waals surface area contributed by atoms with Crippen molar-refractivity contribution >= 4 is 11.8 Å². The van der Waals surface area contributed by atoms with Gasteiger partial charge in [-0.15, -0.1) is 18.3 Å². The summed E-state index contributed by atoms with van der Waals surface area (Å²) in [7, 11) is 0. The van der Waals surface area contributed by atoms with E-state index in [9.17, 15) is 0 Å². The van der Waals surface area contributed by atoms with Gasteiger partial charge in [0.05, 0.1) is 0 Å². The summed E-state index contributed by atoms with van der Waals surface area (Å²) in [6.07, 6.45) is 8.11. The van der Waals surface area contributed by atoms with Gasteiger partial charge in [-0.3, -0.25) is 0 Å². The molecule has 0 aromatic carbocycles. The third-order valence-corrected chi connectivity index (χ3v) is 3.62. The van der Waals surface area contributed by atoms with E-state index in [0.717, 1.165) is 16.4 Å². The highest BCUT2D eigenvalue weighted by Crippen LogP contribution is 2.44. The average Bonchev–Trinajstić information content (AvgIpc) is 2.45. The lowest BCUT2D eigenvalue weighted by atomic mass is 10.1. The minimum Gasteiger partial charge on any atom is -0.146 e. The number of hydrogen-bond acceptors (Lipinski definition) is 1. The molecule has 0 spiro atoms. The lowest BCUT2D eigenvalue weighted by Gasteiger charge is -2.10. The Morgan fingerprint density at radius 3 is 2.78 bits per heavy atom. The Kier molecular flexibility index (Phi) is 1.19. The molecular weight excluding hydrogens is 128 g/mol. The molecular formula is C8H10S. The van der Waals surface area contributed by atoms with E-state index in [0.29, 0.717) is 0 Å². The predicted molar refractivity (Wildman–Crippen MR) is 42.6 cm³/mol. The highest BCUT2D eigenvalue weighted by molar-refractivity contribution is 8.01. The van der Waals surface area contributed by atoms with Crippen molar-refractivity contribution in [2.75, 3.05) is 0 Å². The van der Waals surface area contributed by atoms with Gasteiger partial charge in [-0.2, -0.15) is 0 Å². The molecule has 1 heterocycles. The lowest BCUT2D eigenvalue weighted by Crippen LogP contribution is -2.04. The van der Waals surface area contributed by atoms with E-state index < -0.39 is 0 Å². The fourth-order valence-electron chi connectivity index (χ4n) is 1.57. The van der Waals surface area contributed by atoms with Gasteiger partial charge in [0.15, 0.2) is 0 Å². The van der Waals surface area contributed by atoms with Crippen molar-refractivity contribution in [3.05, 3.63) is 24.8 Å². The van der Waals surface area contributed by atoms with Gasteiger partial charge in [-0.1, -0.05) is 18.2 Å². The van der Waals surface area contributed by atoms with E-state index in [1.807, 2.05) is 0 Å². The third-order valence-electron chi connectivity index (χ3n) is 2.06. The first-order valence-corrected chi connectivity index (χ1v) is 4.31. The van der Waals surface area contributed by atoms with Crippen LogP contribution in [0.15, 0.2) is 24.8 Å². The molecule has 0 amide bonds. The van der Waals surface area contributed by atoms with Crippen LogP contribution in [0, 0.1) is 5.92 Å². The maximum absolute atomic E-state index is 3.81. The molecule has 1 fully saturated rings. The molecule has 0 N–H and O–H groups in total. The molecule has 2 aliphatic rings. The van der Waals surface area contributed by atoms with E-state index in [1.165, 1.54) is 6.42 Å². The van der Waals surface area contributed by atoms with Crippen molar-refractivity contribution in [2.45, 2.75) is 16.9 Å². The van der Waals surface area contributed by atoms with Crippen LogP contribution in [0.4, 0.5) is 0 Å². The SMILES string of the molecule is C=C[C@H]1S[C@H]2C=C[C@@H]1C2. The predicted octanol–water partition coefficient (Wildman–Crippen LogP) is 2.23. The largest absolute Gasteiger partial charge is 0.146 e. The Hall–Kier alpha value is -0.170. The Bertz CT molecular complexity index is 160. The van der Waals surface area contributed by atoms with Crippen LogP contribution in [0.5, 0.6) is 0 Å². The van der Waals surface area contributed by atoms with Crippen LogP contribution in [0.2, 0.25) is 0 Å². The smallest absolute Gasteiger partial charge is 0.0293 e. The Morgan fingerprint density at radius 1 is 1.56 bits per heavy atom. The van der Waals surface area contributed by atoms with Crippen LogP contribution in [0.25, 0.3) is 0 Å². The normalized spacial score (nSPS) is 46.0. The van der Waals surface area contributed by atoms with Crippen LogP contribution < -0.4 is 0 Å². The summed E-state index contributed by atoms with van der Waals surface area (Å²) < 4.78 is 0. The fraction of sp³-hybridized carbons (Fsp3) is 0.500. The molecule has 0 radical (unpaired) electrons. The standard InChI is InChI=1S/C8H10S/c1-2-8-6-3-4-7(5-6)9-8/h2-4,6-8H,1,5H2/t6-,7+,8-/m1/s1. The van der Waals surface area contributed by atoms with E-state index in [4.69, 9.17) is 0 Å². The summed E-state index contributed by atoms with van der Waals surface area (Å²) in [5.41, 5.74) is 0. The molecule has 0 aromatic rings. The second-order valence-electron chi connectivity index (χ2n) is 2.66. The average molecular weight is 138 g/mol. The van der Waals surface area contributed by atoms with Gasteiger partial charge < -0.3 is 0 Å². The van der Waals surface area contributed by atoms with Crippen LogP contribution in [0.3, 0.4) is 0 Å². The highest BCUT2D eigenvalue weighted by atomic mass is 32.2. The quantitative estimate of drug-likeness (QED) is 0.501. The molecule has 1 saturated heterocycles.